The average Bonchev–Trinajstić information content (AvgIpc) is 2.99. The molecule has 21 heavy (non-hydrogen) atoms. The first kappa shape index (κ1) is 18.6. The molecule has 0 spiro atoms. The maximum absolute atomic E-state index is 11.9. The molecule has 0 unspecified atom stereocenters. The SMILES string of the molecule is Cl.Cl.NC[C@H]1CC[C@@H](C(=O)NCc2nc(C3CC3)cs2)O1. The van der Waals surface area contributed by atoms with Crippen LogP contribution < -0.4 is 11.1 Å². The molecule has 3 rings (SSSR count). The highest BCUT2D eigenvalue weighted by Crippen LogP contribution is 2.40. The van der Waals surface area contributed by atoms with Crippen molar-refractivity contribution in [3.8, 4) is 0 Å². The number of nitrogens with two attached hydrogens (primary N) is 1. The van der Waals surface area contributed by atoms with Crippen LogP contribution in [0.2, 0.25) is 0 Å². The lowest BCUT2D eigenvalue weighted by atomic mass is 10.2. The maximum atomic E-state index is 11.9. The van der Waals surface area contributed by atoms with E-state index in [9.17, 15) is 4.79 Å². The van der Waals surface area contributed by atoms with Gasteiger partial charge in [0.25, 0.3) is 0 Å². The van der Waals surface area contributed by atoms with Crippen LogP contribution in [0.4, 0.5) is 0 Å². The molecular formula is C13H21Cl2N3O2S. The number of carbonyl (C=O) groups excluding carboxylic acids is 1. The fourth-order valence-electron chi connectivity index (χ4n) is 2.32. The van der Waals surface area contributed by atoms with Crippen LogP contribution in [0.1, 0.15) is 42.3 Å². The van der Waals surface area contributed by atoms with Crippen molar-refractivity contribution in [2.75, 3.05) is 6.54 Å². The van der Waals surface area contributed by atoms with Gasteiger partial charge in [-0.25, -0.2) is 4.98 Å². The zero-order valence-corrected chi connectivity index (χ0v) is 14.1. The first-order valence-electron chi connectivity index (χ1n) is 6.84. The summed E-state index contributed by atoms with van der Waals surface area (Å²) in [5.41, 5.74) is 6.72. The van der Waals surface area contributed by atoms with E-state index in [-0.39, 0.29) is 42.9 Å². The molecular weight excluding hydrogens is 333 g/mol. The zero-order chi connectivity index (χ0) is 13.2. The van der Waals surface area contributed by atoms with Gasteiger partial charge in [-0.1, -0.05) is 0 Å². The first-order chi connectivity index (χ1) is 9.26. The predicted molar refractivity (Wildman–Crippen MR) is 87.4 cm³/mol. The highest BCUT2D eigenvalue weighted by atomic mass is 35.5. The van der Waals surface area contributed by atoms with Crippen LogP contribution in [-0.4, -0.2) is 29.6 Å². The fourth-order valence-corrected chi connectivity index (χ4v) is 3.14. The number of thiazole rings is 1. The van der Waals surface area contributed by atoms with Crippen LogP contribution in [0, 0.1) is 0 Å². The summed E-state index contributed by atoms with van der Waals surface area (Å²) in [6.45, 7) is 0.990. The number of aromatic nitrogens is 1. The van der Waals surface area contributed by atoms with Gasteiger partial charge in [0.05, 0.1) is 18.3 Å². The van der Waals surface area contributed by atoms with E-state index in [1.165, 1.54) is 18.5 Å². The summed E-state index contributed by atoms with van der Waals surface area (Å²) in [6.07, 6.45) is 3.85. The molecule has 1 aromatic heterocycles. The standard InChI is InChI=1S/C13H19N3O2S.2ClH/c14-5-9-3-4-11(18-9)13(17)15-6-12-16-10(7-19-12)8-1-2-8;;/h7-9,11H,1-6,14H2,(H,15,17);2*1H/t9-,11+;;/m1../s1. The van der Waals surface area contributed by atoms with Gasteiger partial charge in [0.15, 0.2) is 0 Å². The molecule has 1 saturated heterocycles. The van der Waals surface area contributed by atoms with Crippen molar-refractivity contribution < 1.29 is 9.53 Å². The van der Waals surface area contributed by atoms with Crippen LogP contribution in [0.15, 0.2) is 5.38 Å². The molecule has 8 heteroatoms. The summed E-state index contributed by atoms with van der Waals surface area (Å²) in [6, 6.07) is 0. The van der Waals surface area contributed by atoms with E-state index in [1.807, 2.05) is 0 Å². The Morgan fingerprint density at radius 2 is 2.14 bits per heavy atom. The molecule has 1 aliphatic carbocycles. The maximum Gasteiger partial charge on any atom is 0.249 e. The van der Waals surface area contributed by atoms with Gasteiger partial charge in [-0.05, 0) is 25.7 Å². The van der Waals surface area contributed by atoms with Gasteiger partial charge in [0, 0.05) is 17.8 Å². The fraction of sp³-hybridized carbons (Fsp3) is 0.692. The van der Waals surface area contributed by atoms with Gasteiger partial charge in [0.1, 0.15) is 11.1 Å². The quantitative estimate of drug-likeness (QED) is 0.848. The van der Waals surface area contributed by atoms with Crippen molar-refractivity contribution in [2.24, 2.45) is 5.73 Å². The van der Waals surface area contributed by atoms with Crippen LogP contribution >= 0.6 is 36.2 Å². The Morgan fingerprint density at radius 1 is 1.38 bits per heavy atom. The largest absolute Gasteiger partial charge is 0.364 e. The highest BCUT2D eigenvalue weighted by Gasteiger charge is 2.30. The molecule has 1 amide bonds. The predicted octanol–water partition coefficient (Wildman–Crippen LogP) is 1.99. The van der Waals surface area contributed by atoms with E-state index in [4.69, 9.17) is 10.5 Å². The molecule has 0 radical (unpaired) electrons. The number of hydrogen-bond donors (Lipinski definition) is 2. The third-order valence-corrected chi connectivity index (χ3v) is 4.51. The van der Waals surface area contributed by atoms with Crippen molar-refractivity contribution in [2.45, 2.75) is 50.4 Å². The Morgan fingerprint density at radius 3 is 2.76 bits per heavy atom. The Kier molecular flexibility index (Phi) is 7.36. The molecule has 0 bridgehead atoms. The first-order valence-corrected chi connectivity index (χ1v) is 7.71. The Hall–Kier alpha value is -0.400. The van der Waals surface area contributed by atoms with Crippen LogP contribution in [-0.2, 0) is 16.1 Å². The second-order valence-electron chi connectivity index (χ2n) is 5.22. The van der Waals surface area contributed by atoms with E-state index in [0.717, 1.165) is 17.8 Å². The lowest BCUT2D eigenvalue weighted by Crippen LogP contribution is -2.35. The Balaban J connectivity index is 0.00000110. The third kappa shape index (κ3) is 4.79. The summed E-state index contributed by atoms with van der Waals surface area (Å²) < 4.78 is 5.56. The van der Waals surface area contributed by atoms with Gasteiger partial charge >= 0.3 is 0 Å². The molecule has 2 aliphatic rings. The molecule has 1 saturated carbocycles. The number of hydrogen-bond acceptors (Lipinski definition) is 5. The highest BCUT2D eigenvalue weighted by molar-refractivity contribution is 7.09. The summed E-state index contributed by atoms with van der Waals surface area (Å²) in [7, 11) is 0. The van der Waals surface area contributed by atoms with E-state index in [0.29, 0.717) is 19.0 Å². The lowest BCUT2D eigenvalue weighted by molar-refractivity contribution is -0.132. The number of halogens is 2. The molecule has 2 atom stereocenters. The lowest BCUT2D eigenvalue weighted by Gasteiger charge is -2.11. The van der Waals surface area contributed by atoms with Crippen LogP contribution in [0.3, 0.4) is 0 Å². The minimum absolute atomic E-state index is 0. The van der Waals surface area contributed by atoms with Gasteiger partial charge in [-0.15, -0.1) is 36.2 Å². The van der Waals surface area contributed by atoms with Gasteiger partial charge in [-0.3, -0.25) is 4.79 Å². The summed E-state index contributed by atoms with van der Waals surface area (Å²) in [5.74, 6) is 0.628. The molecule has 5 nitrogen and oxygen atoms in total. The number of ether oxygens (including phenoxy) is 1. The van der Waals surface area contributed by atoms with E-state index in [2.05, 4.69) is 15.7 Å². The molecule has 0 aromatic carbocycles. The van der Waals surface area contributed by atoms with Crippen molar-refractivity contribution in [3.63, 3.8) is 0 Å². The van der Waals surface area contributed by atoms with E-state index < -0.39 is 0 Å². The molecule has 1 aliphatic heterocycles. The van der Waals surface area contributed by atoms with Crippen molar-refractivity contribution in [1.82, 2.24) is 10.3 Å². The van der Waals surface area contributed by atoms with Gasteiger partial charge < -0.3 is 15.8 Å². The molecule has 120 valence electrons. The second-order valence-corrected chi connectivity index (χ2v) is 6.16. The number of amides is 1. The summed E-state index contributed by atoms with van der Waals surface area (Å²) in [5, 5.41) is 5.98. The second kappa shape index (κ2) is 8.29. The van der Waals surface area contributed by atoms with E-state index in [1.54, 1.807) is 11.3 Å². The smallest absolute Gasteiger partial charge is 0.249 e. The minimum Gasteiger partial charge on any atom is -0.364 e. The Labute approximate surface area is 140 Å². The van der Waals surface area contributed by atoms with Gasteiger partial charge in [0.2, 0.25) is 5.91 Å². The van der Waals surface area contributed by atoms with Crippen LogP contribution in [0.25, 0.3) is 0 Å². The molecule has 1 aromatic rings. The minimum atomic E-state index is -0.337. The number of carbonyl (C=O) groups is 1. The third-order valence-electron chi connectivity index (χ3n) is 3.64. The number of nitrogens with zero attached hydrogens (tertiary/aromatic N) is 1. The van der Waals surface area contributed by atoms with Crippen LogP contribution in [0.5, 0.6) is 0 Å². The average molecular weight is 354 g/mol. The molecule has 3 N–H and O–H groups in total. The number of nitrogens with one attached hydrogen (secondary N) is 1. The van der Waals surface area contributed by atoms with Crippen molar-refractivity contribution in [1.29, 1.82) is 0 Å². The zero-order valence-electron chi connectivity index (χ0n) is 11.6. The summed E-state index contributed by atoms with van der Waals surface area (Å²) >= 11 is 1.62. The van der Waals surface area contributed by atoms with E-state index >= 15 is 0 Å². The van der Waals surface area contributed by atoms with Crippen molar-refractivity contribution in [3.05, 3.63) is 16.1 Å². The molecule has 2 heterocycles. The normalized spacial score (nSPS) is 24.0. The number of rotatable bonds is 5. The molecule has 2 fully saturated rings. The topological polar surface area (TPSA) is 77.2 Å². The van der Waals surface area contributed by atoms with Gasteiger partial charge in [-0.2, -0.15) is 0 Å². The monoisotopic (exact) mass is 353 g/mol. The Bertz CT molecular complexity index is 468. The van der Waals surface area contributed by atoms with Crippen molar-refractivity contribution >= 4 is 42.1 Å². The summed E-state index contributed by atoms with van der Waals surface area (Å²) in [4.78, 5) is 16.5.